The fraction of sp³-hybridized carbons (Fsp3) is 0.436. The number of carbonyl (C=O) groups is 1. The quantitative estimate of drug-likeness (QED) is 0.184. The lowest BCUT2D eigenvalue weighted by atomic mass is 9.96. The number of nitrogens with zero attached hydrogens (tertiary/aromatic N) is 4. The van der Waals surface area contributed by atoms with Crippen molar-refractivity contribution >= 4 is 28.3 Å². The van der Waals surface area contributed by atoms with Crippen LogP contribution in [0, 0.1) is 0 Å². The van der Waals surface area contributed by atoms with Gasteiger partial charge < -0.3 is 25.6 Å². The average Bonchev–Trinajstić information content (AvgIpc) is 3.11. The normalized spacial score (nSPS) is 16.8. The summed E-state index contributed by atoms with van der Waals surface area (Å²) in [6.07, 6.45) is 6.41. The molecule has 2 saturated heterocycles. The number of nitrogens with one attached hydrogen (secondary N) is 1. The number of aromatic nitrogens is 1. The molecule has 3 N–H and O–H groups in total. The van der Waals surface area contributed by atoms with Crippen molar-refractivity contribution in [2.24, 2.45) is 0 Å². The zero-order valence-corrected chi connectivity index (χ0v) is 28.0. The third-order valence-corrected chi connectivity index (χ3v) is 9.96. The van der Waals surface area contributed by atoms with Crippen molar-refractivity contribution in [3.05, 3.63) is 95.6 Å². The number of nitrogens with two attached hydrogens (primary N) is 1. The molecule has 0 unspecified atom stereocenters. The van der Waals surface area contributed by atoms with Crippen LogP contribution in [0.15, 0.2) is 78.9 Å². The molecule has 2 aliphatic heterocycles. The standard InChI is InChI=1S/C39H50N6O2/c1-3-4-22-43-23-18-30(19-24-43)41-27-34-33-16-11-17-35(47-2)37(33)42-38(40)36(34)39(46)45(31-14-9-6-10-15-31)32-20-25-44(26-21-32)28-29-12-7-5-8-13-29/h5-17,30,32,41H,3-4,18-28H2,1-2H3,(H2,40,42). The molecule has 0 atom stereocenters. The number of rotatable bonds is 12. The highest BCUT2D eigenvalue weighted by Crippen LogP contribution is 2.34. The number of hydrogen-bond donors (Lipinski definition) is 2. The van der Waals surface area contributed by atoms with Gasteiger partial charge in [-0.25, -0.2) is 4.98 Å². The van der Waals surface area contributed by atoms with Crippen LogP contribution in [0.3, 0.4) is 0 Å². The van der Waals surface area contributed by atoms with E-state index >= 15 is 0 Å². The summed E-state index contributed by atoms with van der Waals surface area (Å²) < 4.78 is 5.70. The molecule has 47 heavy (non-hydrogen) atoms. The first kappa shape index (κ1) is 32.9. The number of likely N-dealkylation sites (tertiary alicyclic amines) is 2. The van der Waals surface area contributed by atoms with Gasteiger partial charge in [0.2, 0.25) is 0 Å². The largest absolute Gasteiger partial charge is 0.494 e. The number of methoxy groups -OCH3 is 1. The lowest BCUT2D eigenvalue weighted by Crippen LogP contribution is -2.48. The minimum Gasteiger partial charge on any atom is -0.494 e. The molecule has 1 aromatic heterocycles. The molecule has 3 aromatic carbocycles. The highest BCUT2D eigenvalue weighted by molar-refractivity contribution is 6.13. The van der Waals surface area contributed by atoms with E-state index in [4.69, 9.17) is 15.5 Å². The minimum absolute atomic E-state index is 0.0468. The van der Waals surface area contributed by atoms with Crippen molar-refractivity contribution in [1.82, 2.24) is 20.1 Å². The number of para-hydroxylation sites is 2. The van der Waals surface area contributed by atoms with Gasteiger partial charge >= 0.3 is 0 Å². The van der Waals surface area contributed by atoms with Crippen molar-refractivity contribution in [2.75, 3.05) is 50.5 Å². The number of unbranched alkanes of at least 4 members (excludes halogenated alkanes) is 1. The van der Waals surface area contributed by atoms with E-state index < -0.39 is 0 Å². The van der Waals surface area contributed by atoms with Gasteiger partial charge in [0.05, 0.1) is 12.7 Å². The van der Waals surface area contributed by atoms with Crippen LogP contribution in [-0.4, -0.2) is 72.6 Å². The number of nitrogen functional groups attached to an aromatic ring is 1. The smallest absolute Gasteiger partial charge is 0.262 e. The third kappa shape index (κ3) is 7.78. The molecular formula is C39H50N6O2. The topological polar surface area (TPSA) is 87.0 Å². The molecule has 4 aromatic rings. The molecule has 8 nitrogen and oxygen atoms in total. The summed E-state index contributed by atoms with van der Waals surface area (Å²) >= 11 is 0. The lowest BCUT2D eigenvalue weighted by molar-refractivity contribution is 0.0958. The molecule has 1 amide bonds. The van der Waals surface area contributed by atoms with E-state index in [1.807, 2.05) is 53.4 Å². The zero-order valence-electron chi connectivity index (χ0n) is 28.0. The Bertz CT molecular complexity index is 1600. The predicted octanol–water partition coefficient (Wildman–Crippen LogP) is 6.49. The number of hydrogen-bond acceptors (Lipinski definition) is 7. The van der Waals surface area contributed by atoms with E-state index in [-0.39, 0.29) is 17.8 Å². The molecule has 0 saturated carbocycles. The molecule has 2 aliphatic rings. The Balaban J connectivity index is 1.29. The van der Waals surface area contributed by atoms with Gasteiger partial charge in [-0.3, -0.25) is 9.69 Å². The number of ether oxygens (including phenoxy) is 1. The summed E-state index contributed by atoms with van der Waals surface area (Å²) in [5, 5.41) is 4.73. The van der Waals surface area contributed by atoms with Crippen LogP contribution in [0.5, 0.6) is 5.75 Å². The van der Waals surface area contributed by atoms with Crippen LogP contribution in [0.4, 0.5) is 11.5 Å². The van der Waals surface area contributed by atoms with Crippen molar-refractivity contribution in [3.63, 3.8) is 0 Å². The number of anilines is 2. The third-order valence-electron chi connectivity index (χ3n) is 9.96. The highest BCUT2D eigenvalue weighted by atomic mass is 16.5. The summed E-state index contributed by atoms with van der Waals surface area (Å²) in [6, 6.07) is 27.0. The Hall–Kier alpha value is -3.98. The molecule has 2 fully saturated rings. The summed E-state index contributed by atoms with van der Waals surface area (Å²) in [4.78, 5) is 26.8. The number of fused-ring (bicyclic) bond motifs is 1. The molecular weight excluding hydrogens is 584 g/mol. The second kappa shape index (κ2) is 15.7. The maximum Gasteiger partial charge on any atom is 0.262 e. The summed E-state index contributed by atoms with van der Waals surface area (Å²) in [5.74, 6) is 0.823. The number of amides is 1. The maximum atomic E-state index is 15.0. The first-order chi connectivity index (χ1) is 23.1. The van der Waals surface area contributed by atoms with Gasteiger partial charge in [0, 0.05) is 49.3 Å². The van der Waals surface area contributed by atoms with E-state index in [0.717, 1.165) is 75.0 Å². The Morgan fingerprint density at radius 2 is 1.60 bits per heavy atom. The van der Waals surface area contributed by atoms with Gasteiger partial charge in [0.25, 0.3) is 5.91 Å². The van der Waals surface area contributed by atoms with Crippen LogP contribution < -0.4 is 20.7 Å². The molecule has 3 heterocycles. The fourth-order valence-corrected chi connectivity index (χ4v) is 7.30. The Morgan fingerprint density at radius 3 is 2.28 bits per heavy atom. The Morgan fingerprint density at radius 1 is 0.915 bits per heavy atom. The second-order valence-electron chi connectivity index (χ2n) is 13.1. The molecule has 6 rings (SSSR count). The molecule has 0 bridgehead atoms. The van der Waals surface area contributed by atoms with E-state index in [0.29, 0.717) is 29.4 Å². The molecule has 0 aliphatic carbocycles. The molecule has 0 radical (unpaired) electrons. The van der Waals surface area contributed by atoms with Crippen molar-refractivity contribution in [3.8, 4) is 5.75 Å². The van der Waals surface area contributed by atoms with Gasteiger partial charge in [-0.05, 0) is 81.1 Å². The SMILES string of the molecule is CCCCN1CCC(NCc2c(C(=O)N(c3ccccc3)C3CCN(Cc4ccccc4)CC3)c(N)nc3c(OC)cccc23)CC1. The molecule has 0 spiro atoms. The van der Waals surface area contributed by atoms with Crippen molar-refractivity contribution in [2.45, 2.75) is 70.6 Å². The summed E-state index contributed by atoms with van der Waals surface area (Å²) in [5.41, 5.74) is 11.1. The average molecular weight is 635 g/mol. The fourth-order valence-electron chi connectivity index (χ4n) is 7.30. The van der Waals surface area contributed by atoms with Crippen molar-refractivity contribution in [1.29, 1.82) is 0 Å². The zero-order chi connectivity index (χ0) is 32.6. The molecule has 8 heteroatoms. The van der Waals surface area contributed by atoms with Gasteiger partial charge in [0.15, 0.2) is 0 Å². The Kier molecular flexibility index (Phi) is 11.0. The lowest BCUT2D eigenvalue weighted by Gasteiger charge is -2.39. The molecule has 248 valence electrons. The summed E-state index contributed by atoms with van der Waals surface area (Å²) in [6.45, 7) is 8.92. The van der Waals surface area contributed by atoms with E-state index in [1.54, 1.807) is 7.11 Å². The van der Waals surface area contributed by atoms with Crippen LogP contribution in [0.25, 0.3) is 10.9 Å². The minimum atomic E-state index is -0.0846. The highest BCUT2D eigenvalue weighted by Gasteiger charge is 2.33. The van der Waals surface area contributed by atoms with E-state index in [2.05, 4.69) is 52.4 Å². The maximum absolute atomic E-state index is 15.0. The monoisotopic (exact) mass is 634 g/mol. The first-order valence-electron chi connectivity index (χ1n) is 17.4. The van der Waals surface area contributed by atoms with Gasteiger partial charge in [-0.15, -0.1) is 0 Å². The van der Waals surface area contributed by atoms with Gasteiger partial charge in [-0.2, -0.15) is 0 Å². The number of benzene rings is 3. The number of piperidine rings is 2. The van der Waals surface area contributed by atoms with Crippen LogP contribution in [0.1, 0.15) is 66.9 Å². The van der Waals surface area contributed by atoms with Gasteiger partial charge in [-0.1, -0.05) is 74.0 Å². The van der Waals surface area contributed by atoms with Crippen molar-refractivity contribution < 1.29 is 9.53 Å². The number of pyridine rings is 1. The second-order valence-corrected chi connectivity index (χ2v) is 13.1. The van der Waals surface area contributed by atoms with Crippen LogP contribution in [0.2, 0.25) is 0 Å². The van der Waals surface area contributed by atoms with E-state index in [1.165, 1.54) is 24.9 Å². The predicted molar refractivity (Wildman–Crippen MR) is 192 cm³/mol. The van der Waals surface area contributed by atoms with E-state index in [9.17, 15) is 4.79 Å². The summed E-state index contributed by atoms with van der Waals surface area (Å²) in [7, 11) is 1.65. The Labute approximate surface area is 279 Å². The number of carbonyl (C=O) groups excluding carboxylic acids is 1. The van der Waals surface area contributed by atoms with Crippen LogP contribution in [-0.2, 0) is 13.1 Å². The van der Waals surface area contributed by atoms with Gasteiger partial charge in [0.1, 0.15) is 17.1 Å². The first-order valence-corrected chi connectivity index (χ1v) is 17.4. The van der Waals surface area contributed by atoms with Crippen LogP contribution >= 0.6 is 0 Å².